The molecule has 1 aliphatic heterocycles. The monoisotopic (exact) mass is 251 g/mol. The second-order valence-corrected chi connectivity index (χ2v) is 5.02. The number of imidazole rings is 1. The number of piperazine rings is 1. The minimum Gasteiger partial charge on any atom is -0.340 e. The molecule has 0 radical (unpaired) electrons. The lowest BCUT2D eigenvalue weighted by atomic mass is 10.2. The molecule has 0 spiro atoms. The Bertz CT molecular complexity index is 341. The first kappa shape index (κ1) is 13.4. The third kappa shape index (κ3) is 3.46. The van der Waals surface area contributed by atoms with Crippen LogP contribution in [0.15, 0.2) is 12.4 Å². The molecule has 2 heterocycles. The Hall–Kier alpha value is -1.07. The molecule has 1 aromatic heterocycles. The first-order chi connectivity index (χ1) is 8.81. The van der Waals surface area contributed by atoms with Crippen LogP contribution >= 0.6 is 0 Å². The van der Waals surface area contributed by atoms with Crippen molar-refractivity contribution < 1.29 is 0 Å². The van der Waals surface area contributed by atoms with Crippen LogP contribution in [0.2, 0.25) is 0 Å². The molecular weight excluding hydrogens is 226 g/mol. The number of nitrogens with zero attached hydrogens (tertiary/aromatic N) is 4. The van der Waals surface area contributed by atoms with E-state index in [2.05, 4.69) is 26.4 Å². The first-order valence-electron chi connectivity index (χ1n) is 6.96. The van der Waals surface area contributed by atoms with Crippen LogP contribution in [0.3, 0.4) is 0 Å². The van der Waals surface area contributed by atoms with Gasteiger partial charge in [0.25, 0.3) is 0 Å². The molecule has 102 valence electrons. The van der Waals surface area contributed by atoms with Crippen LogP contribution in [0.1, 0.15) is 19.3 Å². The summed E-state index contributed by atoms with van der Waals surface area (Å²) in [6.45, 7) is 6.51. The van der Waals surface area contributed by atoms with Gasteiger partial charge in [-0.25, -0.2) is 4.98 Å². The van der Waals surface area contributed by atoms with Crippen molar-refractivity contribution in [2.24, 2.45) is 12.8 Å². The van der Waals surface area contributed by atoms with Gasteiger partial charge in [0.15, 0.2) is 0 Å². The number of hydrogen-bond donors (Lipinski definition) is 1. The quantitative estimate of drug-likeness (QED) is 0.755. The second kappa shape index (κ2) is 6.75. The molecule has 0 atom stereocenters. The van der Waals surface area contributed by atoms with Gasteiger partial charge in [-0.1, -0.05) is 6.42 Å². The van der Waals surface area contributed by atoms with Crippen LogP contribution < -0.4 is 10.6 Å². The fourth-order valence-corrected chi connectivity index (χ4v) is 2.49. The minimum absolute atomic E-state index is 0.826. The highest BCUT2D eigenvalue weighted by molar-refractivity contribution is 5.31. The second-order valence-electron chi connectivity index (χ2n) is 5.02. The number of nitrogens with two attached hydrogens (primary N) is 1. The Morgan fingerprint density at radius 2 is 1.94 bits per heavy atom. The Balaban J connectivity index is 1.70. The van der Waals surface area contributed by atoms with Crippen molar-refractivity contribution in [3.63, 3.8) is 0 Å². The van der Waals surface area contributed by atoms with E-state index >= 15 is 0 Å². The molecule has 0 aliphatic carbocycles. The lowest BCUT2D eigenvalue weighted by Crippen LogP contribution is -2.47. The molecule has 0 bridgehead atoms. The van der Waals surface area contributed by atoms with Gasteiger partial charge in [0.2, 0.25) is 5.95 Å². The summed E-state index contributed by atoms with van der Waals surface area (Å²) in [4.78, 5) is 9.33. The molecule has 2 N–H and O–H groups in total. The van der Waals surface area contributed by atoms with Crippen LogP contribution in [0, 0.1) is 0 Å². The Morgan fingerprint density at radius 1 is 1.17 bits per heavy atom. The van der Waals surface area contributed by atoms with Crippen molar-refractivity contribution in [2.75, 3.05) is 44.2 Å². The van der Waals surface area contributed by atoms with Gasteiger partial charge in [-0.3, -0.25) is 4.90 Å². The van der Waals surface area contributed by atoms with Gasteiger partial charge < -0.3 is 15.2 Å². The first-order valence-corrected chi connectivity index (χ1v) is 6.96. The van der Waals surface area contributed by atoms with Crippen molar-refractivity contribution >= 4 is 5.95 Å². The summed E-state index contributed by atoms with van der Waals surface area (Å²) in [5.74, 6) is 1.10. The van der Waals surface area contributed by atoms with E-state index in [1.54, 1.807) is 0 Å². The molecular formula is C13H25N5. The Morgan fingerprint density at radius 3 is 2.56 bits per heavy atom. The number of hydrogen-bond acceptors (Lipinski definition) is 4. The summed E-state index contributed by atoms with van der Waals surface area (Å²) >= 11 is 0. The Labute approximate surface area is 110 Å². The van der Waals surface area contributed by atoms with Crippen LogP contribution in [0.4, 0.5) is 5.95 Å². The SMILES string of the molecule is Cn1ccnc1N1CCN(CCCCCN)CC1. The maximum absolute atomic E-state index is 5.50. The molecule has 1 fully saturated rings. The summed E-state index contributed by atoms with van der Waals surface area (Å²) in [6, 6.07) is 0. The van der Waals surface area contributed by atoms with Gasteiger partial charge in [0.05, 0.1) is 0 Å². The van der Waals surface area contributed by atoms with Gasteiger partial charge in [0, 0.05) is 45.6 Å². The molecule has 5 nitrogen and oxygen atoms in total. The third-order valence-corrected chi connectivity index (χ3v) is 3.63. The Kier molecular flexibility index (Phi) is 5.01. The number of rotatable bonds is 6. The largest absolute Gasteiger partial charge is 0.340 e. The van der Waals surface area contributed by atoms with Crippen LogP contribution in [0.5, 0.6) is 0 Å². The average Bonchev–Trinajstić information content (AvgIpc) is 2.82. The lowest BCUT2D eigenvalue weighted by Gasteiger charge is -2.35. The standard InChI is InChI=1S/C13H25N5/c1-16-8-6-15-13(16)18-11-9-17(10-12-18)7-4-2-3-5-14/h6,8H,2-5,7,9-12,14H2,1H3. The minimum atomic E-state index is 0.826. The van der Waals surface area contributed by atoms with Crippen LogP contribution in [0.25, 0.3) is 0 Å². The topological polar surface area (TPSA) is 50.3 Å². The number of anilines is 1. The highest BCUT2D eigenvalue weighted by atomic mass is 15.3. The summed E-state index contributed by atoms with van der Waals surface area (Å²) in [5, 5.41) is 0. The van der Waals surface area contributed by atoms with Gasteiger partial charge in [0.1, 0.15) is 0 Å². The molecule has 0 amide bonds. The number of aryl methyl sites for hydroxylation is 1. The predicted molar refractivity (Wildman–Crippen MR) is 74.8 cm³/mol. The molecule has 0 saturated carbocycles. The fourth-order valence-electron chi connectivity index (χ4n) is 2.49. The summed E-state index contributed by atoms with van der Waals surface area (Å²) < 4.78 is 2.09. The molecule has 2 rings (SSSR count). The van der Waals surface area contributed by atoms with Gasteiger partial charge in [-0.2, -0.15) is 0 Å². The van der Waals surface area contributed by atoms with E-state index in [4.69, 9.17) is 5.73 Å². The molecule has 5 heteroatoms. The van der Waals surface area contributed by atoms with Crippen LogP contribution in [-0.4, -0.2) is 53.7 Å². The zero-order valence-electron chi connectivity index (χ0n) is 11.4. The van der Waals surface area contributed by atoms with Gasteiger partial charge in [-0.15, -0.1) is 0 Å². The van der Waals surface area contributed by atoms with E-state index in [0.717, 1.165) is 45.1 Å². The van der Waals surface area contributed by atoms with E-state index in [9.17, 15) is 0 Å². The third-order valence-electron chi connectivity index (χ3n) is 3.63. The van der Waals surface area contributed by atoms with E-state index in [-0.39, 0.29) is 0 Å². The van der Waals surface area contributed by atoms with E-state index < -0.39 is 0 Å². The molecule has 18 heavy (non-hydrogen) atoms. The van der Waals surface area contributed by atoms with Gasteiger partial charge >= 0.3 is 0 Å². The van der Waals surface area contributed by atoms with Crippen LogP contribution in [-0.2, 0) is 7.05 Å². The summed E-state index contributed by atoms with van der Waals surface area (Å²) in [6.07, 6.45) is 7.58. The zero-order valence-corrected chi connectivity index (χ0v) is 11.4. The number of aromatic nitrogens is 2. The van der Waals surface area contributed by atoms with E-state index in [1.807, 2.05) is 12.4 Å². The maximum atomic E-state index is 5.50. The average molecular weight is 251 g/mol. The van der Waals surface area contributed by atoms with Gasteiger partial charge in [-0.05, 0) is 25.9 Å². The molecule has 0 aromatic carbocycles. The summed E-state index contributed by atoms with van der Waals surface area (Å²) in [7, 11) is 2.06. The zero-order chi connectivity index (χ0) is 12.8. The van der Waals surface area contributed by atoms with E-state index in [1.165, 1.54) is 19.4 Å². The normalized spacial score (nSPS) is 17.3. The van der Waals surface area contributed by atoms with Crippen molar-refractivity contribution in [1.29, 1.82) is 0 Å². The molecule has 1 saturated heterocycles. The van der Waals surface area contributed by atoms with Crippen molar-refractivity contribution in [1.82, 2.24) is 14.5 Å². The predicted octanol–water partition coefficient (Wildman–Crippen LogP) is 0.671. The lowest BCUT2D eigenvalue weighted by molar-refractivity contribution is 0.251. The van der Waals surface area contributed by atoms with Crippen molar-refractivity contribution in [2.45, 2.75) is 19.3 Å². The fraction of sp³-hybridized carbons (Fsp3) is 0.769. The van der Waals surface area contributed by atoms with Crippen molar-refractivity contribution in [3.8, 4) is 0 Å². The summed E-state index contributed by atoms with van der Waals surface area (Å²) in [5.41, 5.74) is 5.50. The van der Waals surface area contributed by atoms with E-state index in [0.29, 0.717) is 0 Å². The molecule has 1 aromatic rings. The molecule has 1 aliphatic rings. The highest BCUT2D eigenvalue weighted by Gasteiger charge is 2.18. The number of unbranched alkanes of at least 4 members (excludes halogenated alkanes) is 2. The highest BCUT2D eigenvalue weighted by Crippen LogP contribution is 2.13. The van der Waals surface area contributed by atoms with Crippen molar-refractivity contribution in [3.05, 3.63) is 12.4 Å². The maximum Gasteiger partial charge on any atom is 0.205 e. The molecule has 0 unspecified atom stereocenters. The smallest absolute Gasteiger partial charge is 0.205 e.